The predicted octanol–water partition coefficient (Wildman–Crippen LogP) is 2.69. The number of guanidine groups is 1. The minimum Gasteiger partial charge on any atom is -0.492 e. The van der Waals surface area contributed by atoms with Gasteiger partial charge in [0.1, 0.15) is 12.4 Å². The highest BCUT2D eigenvalue weighted by molar-refractivity contribution is 14.0. The standard InChI is InChI=1S/C19H30N4O2.HI/c1-20-19(22-14-15-25-17-10-6-3-7-11-17)21-13-12-18(24)23-16-8-4-2-5-9-16;/h3,6-7,10-11,16H,2,4-5,8-9,12-15H2,1H3,(H,23,24)(H2,20,21,22);1H. The van der Waals surface area contributed by atoms with Crippen molar-refractivity contribution in [2.45, 2.75) is 44.6 Å². The molecule has 0 spiro atoms. The number of aliphatic imine (C=N–C) groups is 1. The average Bonchev–Trinajstić information content (AvgIpc) is 2.65. The summed E-state index contributed by atoms with van der Waals surface area (Å²) in [5.74, 6) is 1.65. The number of carbonyl (C=O) groups is 1. The molecule has 7 heteroatoms. The van der Waals surface area contributed by atoms with Gasteiger partial charge in [0.15, 0.2) is 5.96 Å². The Balaban J connectivity index is 0.00000338. The van der Waals surface area contributed by atoms with E-state index in [1.165, 1.54) is 19.3 Å². The van der Waals surface area contributed by atoms with Crippen LogP contribution in [-0.2, 0) is 4.79 Å². The number of carbonyl (C=O) groups excluding carboxylic acids is 1. The molecule has 0 saturated heterocycles. The van der Waals surface area contributed by atoms with Crippen LogP contribution in [0.15, 0.2) is 35.3 Å². The highest BCUT2D eigenvalue weighted by Crippen LogP contribution is 2.17. The maximum atomic E-state index is 12.0. The monoisotopic (exact) mass is 474 g/mol. The highest BCUT2D eigenvalue weighted by Gasteiger charge is 2.15. The molecule has 1 aromatic carbocycles. The Morgan fingerprint density at radius 3 is 2.50 bits per heavy atom. The summed E-state index contributed by atoms with van der Waals surface area (Å²) in [6, 6.07) is 10.1. The Morgan fingerprint density at radius 1 is 1.12 bits per heavy atom. The van der Waals surface area contributed by atoms with Gasteiger partial charge in [-0.15, -0.1) is 24.0 Å². The zero-order valence-electron chi connectivity index (χ0n) is 15.5. The molecule has 0 radical (unpaired) electrons. The van der Waals surface area contributed by atoms with Crippen LogP contribution in [0.1, 0.15) is 38.5 Å². The van der Waals surface area contributed by atoms with E-state index in [0.29, 0.717) is 38.1 Å². The van der Waals surface area contributed by atoms with Crippen LogP contribution in [0.4, 0.5) is 0 Å². The Morgan fingerprint density at radius 2 is 1.81 bits per heavy atom. The fraction of sp³-hybridized carbons (Fsp3) is 0.579. The van der Waals surface area contributed by atoms with Crippen LogP contribution in [0.5, 0.6) is 5.75 Å². The van der Waals surface area contributed by atoms with E-state index < -0.39 is 0 Å². The predicted molar refractivity (Wildman–Crippen MR) is 116 cm³/mol. The average molecular weight is 474 g/mol. The molecule has 1 aliphatic rings. The summed E-state index contributed by atoms with van der Waals surface area (Å²) in [4.78, 5) is 16.1. The van der Waals surface area contributed by atoms with E-state index in [2.05, 4.69) is 20.9 Å². The Labute approximate surface area is 173 Å². The summed E-state index contributed by atoms with van der Waals surface area (Å²) in [6.45, 7) is 1.76. The minimum absolute atomic E-state index is 0. The van der Waals surface area contributed by atoms with E-state index in [4.69, 9.17) is 4.74 Å². The molecule has 2 rings (SSSR count). The van der Waals surface area contributed by atoms with Gasteiger partial charge in [0.2, 0.25) is 5.91 Å². The summed E-state index contributed by atoms with van der Waals surface area (Å²) >= 11 is 0. The third-order valence-electron chi connectivity index (χ3n) is 4.24. The van der Waals surface area contributed by atoms with Gasteiger partial charge in [-0.1, -0.05) is 37.5 Å². The van der Waals surface area contributed by atoms with Crippen molar-refractivity contribution in [3.8, 4) is 5.75 Å². The summed E-state index contributed by atoms with van der Waals surface area (Å²) in [5.41, 5.74) is 0. The number of para-hydroxylation sites is 1. The normalized spacial score (nSPS) is 14.9. The van der Waals surface area contributed by atoms with E-state index in [1.807, 2.05) is 30.3 Å². The van der Waals surface area contributed by atoms with Crippen molar-refractivity contribution >= 4 is 35.8 Å². The molecule has 0 unspecified atom stereocenters. The van der Waals surface area contributed by atoms with Crippen LogP contribution in [0, 0.1) is 0 Å². The van der Waals surface area contributed by atoms with E-state index in [0.717, 1.165) is 18.6 Å². The van der Waals surface area contributed by atoms with Crippen LogP contribution in [-0.4, -0.2) is 44.7 Å². The maximum Gasteiger partial charge on any atom is 0.221 e. The number of rotatable bonds is 8. The van der Waals surface area contributed by atoms with E-state index in [1.54, 1.807) is 7.05 Å². The van der Waals surface area contributed by atoms with E-state index in [9.17, 15) is 4.79 Å². The lowest BCUT2D eigenvalue weighted by atomic mass is 9.95. The molecular formula is C19H31IN4O2. The van der Waals surface area contributed by atoms with Gasteiger partial charge in [-0.2, -0.15) is 0 Å². The third kappa shape index (κ3) is 9.26. The van der Waals surface area contributed by atoms with Gasteiger partial charge in [-0.25, -0.2) is 0 Å². The van der Waals surface area contributed by atoms with Gasteiger partial charge in [0, 0.05) is 26.1 Å². The van der Waals surface area contributed by atoms with Crippen LogP contribution in [0.2, 0.25) is 0 Å². The highest BCUT2D eigenvalue weighted by atomic mass is 127. The van der Waals surface area contributed by atoms with Crippen LogP contribution < -0.4 is 20.7 Å². The molecule has 0 aliphatic heterocycles. The first-order chi connectivity index (χ1) is 12.3. The molecule has 1 aromatic rings. The van der Waals surface area contributed by atoms with Gasteiger partial charge in [-0.3, -0.25) is 9.79 Å². The number of hydrogen-bond donors (Lipinski definition) is 3. The molecule has 0 bridgehead atoms. The lowest BCUT2D eigenvalue weighted by molar-refractivity contribution is -0.121. The zero-order valence-corrected chi connectivity index (χ0v) is 17.8. The second-order valence-corrected chi connectivity index (χ2v) is 6.24. The Bertz CT molecular complexity index is 534. The van der Waals surface area contributed by atoms with Crippen LogP contribution in [0.25, 0.3) is 0 Å². The molecule has 3 N–H and O–H groups in total. The van der Waals surface area contributed by atoms with Crippen molar-refractivity contribution in [2.75, 3.05) is 26.7 Å². The van der Waals surface area contributed by atoms with Crippen molar-refractivity contribution in [3.63, 3.8) is 0 Å². The van der Waals surface area contributed by atoms with Crippen LogP contribution >= 0.6 is 24.0 Å². The second-order valence-electron chi connectivity index (χ2n) is 6.24. The third-order valence-corrected chi connectivity index (χ3v) is 4.24. The molecule has 1 aliphatic carbocycles. The first kappa shape index (κ1) is 22.5. The molecule has 146 valence electrons. The summed E-state index contributed by atoms with van der Waals surface area (Å²) in [5, 5.41) is 9.46. The Kier molecular flexibility index (Phi) is 11.8. The van der Waals surface area contributed by atoms with Gasteiger partial charge in [0.05, 0.1) is 6.54 Å². The van der Waals surface area contributed by atoms with Gasteiger partial charge < -0.3 is 20.7 Å². The van der Waals surface area contributed by atoms with Crippen molar-refractivity contribution in [3.05, 3.63) is 30.3 Å². The largest absolute Gasteiger partial charge is 0.492 e. The van der Waals surface area contributed by atoms with Crippen molar-refractivity contribution in [2.24, 2.45) is 4.99 Å². The molecule has 0 atom stereocenters. The molecule has 1 saturated carbocycles. The zero-order chi connectivity index (χ0) is 17.7. The fourth-order valence-corrected chi connectivity index (χ4v) is 2.92. The number of benzene rings is 1. The molecule has 0 aromatic heterocycles. The maximum absolute atomic E-state index is 12.0. The van der Waals surface area contributed by atoms with E-state index >= 15 is 0 Å². The number of amides is 1. The second kappa shape index (κ2) is 13.7. The fourth-order valence-electron chi connectivity index (χ4n) is 2.92. The lowest BCUT2D eigenvalue weighted by Gasteiger charge is -2.22. The summed E-state index contributed by atoms with van der Waals surface area (Å²) in [7, 11) is 1.72. The van der Waals surface area contributed by atoms with Gasteiger partial charge in [0.25, 0.3) is 0 Å². The molecule has 6 nitrogen and oxygen atoms in total. The first-order valence-corrected chi connectivity index (χ1v) is 9.19. The minimum atomic E-state index is 0. The summed E-state index contributed by atoms with van der Waals surface area (Å²) in [6.07, 6.45) is 6.44. The smallest absolute Gasteiger partial charge is 0.221 e. The topological polar surface area (TPSA) is 74.8 Å². The number of ether oxygens (including phenoxy) is 1. The van der Waals surface area contributed by atoms with Gasteiger partial charge >= 0.3 is 0 Å². The number of halogens is 1. The van der Waals surface area contributed by atoms with Crippen molar-refractivity contribution in [1.29, 1.82) is 0 Å². The van der Waals surface area contributed by atoms with Gasteiger partial charge in [-0.05, 0) is 25.0 Å². The molecular weight excluding hydrogens is 443 g/mol. The van der Waals surface area contributed by atoms with Crippen LogP contribution in [0.3, 0.4) is 0 Å². The SMILES string of the molecule is CN=C(NCCOc1ccccc1)NCCC(=O)NC1CCCCC1.I. The van der Waals surface area contributed by atoms with Crippen molar-refractivity contribution < 1.29 is 9.53 Å². The Hall–Kier alpha value is -1.51. The molecule has 1 fully saturated rings. The quantitative estimate of drug-likeness (QED) is 0.235. The molecule has 0 heterocycles. The lowest BCUT2D eigenvalue weighted by Crippen LogP contribution is -2.42. The number of nitrogens with zero attached hydrogens (tertiary/aromatic N) is 1. The summed E-state index contributed by atoms with van der Waals surface area (Å²) < 4.78 is 5.62. The first-order valence-electron chi connectivity index (χ1n) is 9.19. The number of hydrogen-bond acceptors (Lipinski definition) is 3. The molecule has 26 heavy (non-hydrogen) atoms. The van der Waals surface area contributed by atoms with E-state index in [-0.39, 0.29) is 29.9 Å². The van der Waals surface area contributed by atoms with Crippen molar-refractivity contribution in [1.82, 2.24) is 16.0 Å². The molecule has 1 amide bonds. The number of nitrogens with one attached hydrogen (secondary N) is 3.